The lowest BCUT2D eigenvalue weighted by atomic mass is 10.2. The number of ether oxygens (including phenoxy) is 4. The molecule has 0 radical (unpaired) electrons. The zero-order valence-electron chi connectivity index (χ0n) is 20.4. The summed E-state index contributed by atoms with van der Waals surface area (Å²) in [5.41, 5.74) is 1.39. The van der Waals surface area contributed by atoms with Crippen LogP contribution < -0.4 is 25.1 Å². The summed E-state index contributed by atoms with van der Waals surface area (Å²) in [6, 6.07) is 12.8. The molecule has 1 aromatic heterocycles. The van der Waals surface area contributed by atoms with Gasteiger partial charge in [-0.15, -0.1) is 10.2 Å². The summed E-state index contributed by atoms with van der Waals surface area (Å²) in [5.74, 6) is 1.94. The molecule has 4 rings (SSSR count). The second kappa shape index (κ2) is 12.2. The number of H-pyrrole nitrogens is 1. The molecular formula is C26H30N4O6. The van der Waals surface area contributed by atoms with Crippen LogP contribution in [0.3, 0.4) is 0 Å². The van der Waals surface area contributed by atoms with Crippen molar-refractivity contribution in [3.8, 4) is 28.6 Å². The molecule has 1 amide bonds. The fourth-order valence-electron chi connectivity index (χ4n) is 3.86. The minimum atomic E-state index is -0.385. The van der Waals surface area contributed by atoms with Crippen molar-refractivity contribution in [2.24, 2.45) is 0 Å². The van der Waals surface area contributed by atoms with Crippen LogP contribution in [0.2, 0.25) is 0 Å². The first-order valence-corrected chi connectivity index (χ1v) is 11.8. The summed E-state index contributed by atoms with van der Waals surface area (Å²) in [5, 5.41) is 11.0. The van der Waals surface area contributed by atoms with Gasteiger partial charge in [-0.2, -0.15) is 0 Å². The average Bonchev–Trinajstić information content (AvgIpc) is 3.44. The van der Waals surface area contributed by atoms with Crippen molar-refractivity contribution in [2.75, 3.05) is 27.4 Å². The molecule has 1 saturated heterocycles. The molecule has 0 bridgehead atoms. The van der Waals surface area contributed by atoms with E-state index in [0.29, 0.717) is 36.0 Å². The van der Waals surface area contributed by atoms with Gasteiger partial charge in [-0.1, -0.05) is 12.1 Å². The summed E-state index contributed by atoms with van der Waals surface area (Å²) in [4.78, 5) is 27.4. The predicted molar refractivity (Wildman–Crippen MR) is 132 cm³/mol. The number of amides is 1. The number of nitrogens with zero attached hydrogens (tertiary/aromatic N) is 2. The van der Waals surface area contributed by atoms with Crippen LogP contribution in [-0.4, -0.2) is 54.6 Å². The number of aryl methyl sites for hydroxylation is 1. The average molecular weight is 495 g/mol. The van der Waals surface area contributed by atoms with Crippen molar-refractivity contribution in [1.82, 2.24) is 20.5 Å². The molecule has 10 nitrogen and oxygen atoms in total. The molecule has 3 aromatic rings. The van der Waals surface area contributed by atoms with Crippen molar-refractivity contribution in [3.63, 3.8) is 0 Å². The first kappa shape index (κ1) is 25.2. The summed E-state index contributed by atoms with van der Waals surface area (Å²) >= 11 is 0. The van der Waals surface area contributed by atoms with Crippen LogP contribution in [0.5, 0.6) is 17.2 Å². The Bertz CT molecular complexity index is 1240. The third-order valence-corrected chi connectivity index (χ3v) is 5.87. The molecular weight excluding hydrogens is 464 g/mol. The number of hydrogen-bond donors (Lipinski definition) is 2. The molecule has 1 aliphatic heterocycles. The first-order valence-electron chi connectivity index (χ1n) is 11.8. The number of aromatic amines is 1. The van der Waals surface area contributed by atoms with E-state index in [0.717, 1.165) is 30.8 Å². The van der Waals surface area contributed by atoms with Crippen LogP contribution in [0, 0.1) is 0 Å². The first-order chi connectivity index (χ1) is 17.6. The maximum Gasteiger partial charge on any atom is 0.273 e. The smallest absolute Gasteiger partial charge is 0.273 e. The molecule has 36 heavy (non-hydrogen) atoms. The third-order valence-electron chi connectivity index (χ3n) is 5.87. The Balaban J connectivity index is 1.36. The summed E-state index contributed by atoms with van der Waals surface area (Å²) in [6.07, 6.45) is 2.39. The lowest BCUT2D eigenvalue weighted by Gasteiger charge is -2.12. The Kier molecular flexibility index (Phi) is 8.51. The Morgan fingerprint density at radius 2 is 2.03 bits per heavy atom. The second-order valence-corrected chi connectivity index (χ2v) is 8.39. The summed E-state index contributed by atoms with van der Waals surface area (Å²) < 4.78 is 22.1. The zero-order chi connectivity index (χ0) is 25.3. The monoisotopic (exact) mass is 494 g/mol. The molecule has 0 spiro atoms. The molecule has 0 saturated carbocycles. The molecule has 1 fully saturated rings. The van der Waals surface area contributed by atoms with E-state index in [4.69, 9.17) is 18.9 Å². The maximum atomic E-state index is 12.6. The van der Waals surface area contributed by atoms with E-state index >= 15 is 0 Å². The fourth-order valence-corrected chi connectivity index (χ4v) is 3.86. The highest BCUT2D eigenvalue weighted by Gasteiger charge is 2.17. The molecule has 2 aromatic carbocycles. The number of hydrogen-bond acceptors (Lipinski definition) is 8. The number of rotatable bonds is 11. The van der Waals surface area contributed by atoms with Crippen LogP contribution in [0.25, 0.3) is 11.4 Å². The minimum Gasteiger partial charge on any atom is -0.497 e. The number of carbonyl (C=O) groups is 1. The van der Waals surface area contributed by atoms with Crippen molar-refractivity contribution in [1.29, 1.82) is 0 Å². The number of benzene rings is 2. The highest BCUT2D eigenvalue weighted by molar-refractivity contribution is 5.76. The van der Waals surface area contributed by atoms with Gasteiger partial charge in [0.25, 0.3) is 5.56 Å². The van der Waals surface area contributed by atoms with Gasteiger partial charge < -0.3 is 29.2 Å². The van der Waals surface area contributed by atoms with Gasteiger partial charge in [0.1, 0.15) is 18.1 Å². The molecule has 2 N–H and O–H groups in total. The molecule has 190 valence electrons. The number of carbonyl (C=O) groups excluding carboxylic acids is 1. The lowest BCUT2D eigenvalue weighted by Crippen LogP contribution is -2.32. The summed E-state index contributed by atoms with van der Waals surface area (Å²) in [7, 11) is 3.16. The molecule has 2 heterocycles. The van der Waals surface area contributed by atoms with Crippen LogP contribution in [0.4, 0.5) is 0 Å². The highest BCUT2D eigenvalue weighted by Crippen LogP contribution is 2.32. The number of methoxy groups -OCH3 is 2. The van der Waals surface area contributed by atoms with Crippen molar-refractivity contribution in [3.05, 3.63) is 64.1 Å². The quantitative estimate of drug-likeness (QED) is 0.417. The van der Waals surface area contributed by atoms with Gasteiger partial charge >= 0.3 is 0 Å². The van der Waals surface area contributed by atoms with E-state index in [1.54, 1.807) is 32.4 Å². The number of nitrogens with one attached hydrogen (secondary N) is 2. The van der Waals surface area contributed by atoms with Gasteiger partial charge in [0.2, 0.25) is 5.91 Å². The van der Waals surface area contributed by atoms with Gasteiger partial charge in [-0.25, -0.2) is 0 Å². The van der Waals surface area contributed by atoms with Gasteiger partial charge in [0.15, 0.2) is 17.3 Å². The van der Waals surface area contributed by atoms with Gasteiger partial charge in [-0.05, 0) is 48.7 Å². The Labute approximate surface area is 209 Å². The molecule has 1 atom stereocenters. The fraction of sp³-hybridized carbons (Fsp3) is 0.385. The van der Waals surface area contributed by atoms with Crippen molar-refractivity contribution < 1.29 is 23.7 Å². The minimum absolute atomic E-state index is 0.0760. The largest absolute Gasteiger partial charge is 0.497 e. The Morgan fingerprint density at radius 1 is 1.14 bits per heavy atom. The topological polar surface area (TPSA) is 125 Å². The molecule has 0 aliphatic carbocycles. The van der Waals surface area contributed by atoms with Gasteiger partial charge in [0, 0.05) is 31.6 Å². The zero-order valence-corrected chi connectivity index (χ0v) is 20.4. The van der Waals surface area contributed by atoms with Crippen LogP contribution >= 0.6 is 0 Å². The van der Waals surface area contributed by atoms with Crippen LogP contribution in [0.1, 0.15) is 30.5 Å². The van der Waals surface area contributed by atoms with Gasteiger partial charge in [0.05, 0.1) is 20.3 Å². The van der Waals surface area contributed by atoms with Crippen molar-refractivity contribution >= 4 is 5.91 Å². The van der Waals surface area contributed by atoms with Gasteiger partial charge in [-0.3, -0.25) is 9.59 Å². The van der Waals surface area contributed by atoms with E-state index < -0.39 is 0 Å². The van der Waals surface area contributed by atoms with Crippen LogP contribution in [0.15, 0.2) is 47.3 Å². The SMILES string of the molecule is COc1cccc(COc2ccc(-c3nnc(CCC(=O)NCC4CCCO4)c(=O)[nH]3)cc2OC)c1. The normalized spacial score (nSPS) is 14.9. The molecule has 1 aliphatic rings. The predicted octanol–water partition coefficient (Wildman–Crippen LogP) is 2.66. The van der Waals surface area contributed by atoms with Crippen molar-refractivity contribution in [2.45, 2.75) is 38.4 Å². The lowest BCUT2D eigenvalue weighted by molar-refractivity contribution is -0.121. The van der Waals surface area contributed by atoms with E-state index in [-0.39, 0.29) is 36.1 Å². The van der Waals surface area contributed by atoms with E-state index in [9.17, 15) is 9.59 Å². The molecule has 1 unspecified atom stereocenters. The van der Waals surface area contributed by atoms with E-state index in [1.165, 1.54) is 0 Å². The van der Waals surface area contributed by atoms with E-state index in [2.05, 4.69) is 20.5 Å². The highest BCUT2D eigenvalue weighted by atomic mass is 16.5. The van der Waals surface area contributed by atoms with E-state index in [1.807, 2.05) is 24.3 Å². The number of aromatic nitrogens is 3. The maximum absolute atomic E-state index is 12.6. The summed E-state index contributed by atoms with van der Waals surface area (Å²) in [6.45, 7) is 1.56. The third kappa shape index (κ3) is 6.60. The Hall–Kier alpha value is -3.92. The molecule has 10 heteroatoms. The Morgan fingerprint density at radius 3 is 2.78 bits per heavy atom. The van der Waals surface area contributed by atoms with Crippen LogP contribution in [-0.2, 0) is 22.6 Å². The second-order valence-electron chi connectivity index (χ2n) is 8.39. The standard InChI is InChI=1S/C26H30N4O6/c1-33-19-6-3-5-17(13-19)16-36-22-10-8-18(14-23(22)34-2)25-28-26(32)21(29-30-25)9-11-24(31)27-15-20-7-4-12-35-20/h3,5-6,8,10,13-14,20H,4,7,9,11-12,15-16H2,1-2H3,(H,27,31)(H,28,30,32).